The zero-order valence-electron chi connectivity index (χ0n) is 16.1. The average molecular weight is 364 g/mol. The second kappa shape index (κ2) is 8.98. The van der Waals surface area contributed by atoms with Gasteiger partial charge in [-0.15, -0.1) is 0 Å². The Morgan fingerprint density at radius 2 is 1.56 bits per heavy atom. The molecule has 1 N–H and O–H groups in total. The Hall–Kier alpha value is -2.43. The molecule has 3 rings (SSSR count). The molecule has 2 aromatic carbocycles. The van der Waals surface area contributed by atoms with Crippen molar-refractivity contribution in [2.45, 2.75) is 39.0 Å². The van der Waals surface area contributed by atoms with Gasteiger partial charge in [0, 0.05) is 44.3 Å². The van der Waals surface area contributed by atoms with Crippen LogP contribution in [0.3, 0.4) is 0 Å². The number of hydrogen-bond acceptors (Lipinski definition) is 3. The predicted octanol–water partition coefficient (Wildman–Crippen LogP) is 3.88. The van der Waals surface area contributed by atoms with E-state index in [4.69, 9.17) is 5.11 Å². The van der Waals surface area contributed by atoms with Crippen LogP contribution in [0.15, 0.2) is 60.7 Å². The first-order valence-corrected chi connectivity index (χ1v) is 9.53. The van der Waals surface area contributed by atoms with Crippen molar-refractivity contribution in [1.29, 1.82) is 0 Å². The van der Waals surface area contributed by atoms with Crippen molar-refractivity contribution in [1.82, 2.24) is 9.80 Å². The van der Waals surface area contributed by atoms with Gasteiger partial charge in [-0.1, -0.05) is 54.6 Å². The molecule has 27 heavy (non-hydrogen) atoms. The van der Waals surface area contributed by atoms with Crippen LogP contribution >= 0.6 is 0 Å². The van der Waals surface area contributed by atoms with Gasteiger partial charge in [-0.25, -0.2) is 4.79 Å². The SMILES string of the molecule is C[C@@H]1CN(Cc2ccccc2)C[C@H](C)N1Cc1ccc(C=CC(=O)O)cc1. The number of nitrogens with zero attached hydrogens (tertiary/aromatic N) is 2. The summed E-state index contributed by atoms with van der Waals surface area (Å²) in [6, 6.07) is 19.8. The summed E-state index contributed by atoms with van der Waals surface area (Å²) in [7, 11) is 0. The van der Waals surface area contributed by atoms with Crippen LogP contribution in [0.25, 0.3) is 6.08 Å². The van der Waals surface area contributed by atoms with Gasteiger partial charge in [0.05, 0.1) is 0 Å². The number of hydrogen-bond donors (Lipinski definition) is 1. The quantitative estimate of drug-likeness (QED) is 0.790. The predicted molar refractivity (Wildman–Crippen MR) is 109 cm³/mol. The second-order valence-corrected chi connectivity index (χ2v) is 7.46. The van der Waals surface area contributed by atoms with Crippen LogP contribution in [0.4, 0.5) is 0 Å². The molecule has 0 saturated carbocycles. The summed E-state index contributed by atoms with van der Waals surface area (Å²) in [6.07, 6.45) is 2.80. The monoisotopic (exact) mass is 364 g/mol. The third-order valence-corrected chi connectivity index (χ3v) is 5.19. The lowest BCUT2D eigenvalue weighted by atomic mass is 10.0. The molecule has 0 aliphatic carbocycles. The van der Waals surface area contributed by atoms with Crippen LogP contribution in [0, 0.1) is 0 Å². The Labute approximate surface area is 161 Å². The highest BCUT2D eigenvalue weighted by molar-refractivity contribution is 5.85. The topological polar surface area (TPSA) is 43.8 Å². The van der Waals surface area contributed by atoms with Crippen LogP contribution in [-0.2, 0) is 17.9 Å². The molecule has 2 atom stereocenters. The molecular weight excluding hydrogens is 336 g/mol. The highest BCUT2D eigenvalue weighted by Crippen LogP contribution is 2.21. The molecule has 1 fully saturated rings. The minimum atomic E-state index is -0.921. The lowest BCUT2D eigenvalue weighted by Gasteiger charge is -2.44. The van der Waals surface area contributed by atoms with E-state index in [1.807, 2.05) is 12.1 Å². The van der Waals surface area contributed by atoms with E-state index in [1.165, 1.54) is 17.2 Å². The number of carboxylic acid groups (broad SMARTS) is 1. The maximum atomic E-state index is 10.6. The number of carboxylic acids is 1. The fourth-order valence-electron chi connectivity index (χ4n) is 3.86. The number of rotatable bonds is 6. The zero-order chi connectivity index (χ0) is 19.2. The van der Waals surface area contributed by atoms with E-state index in [-0.39, 0.29) is 0 Å². The van der Waals surface area contributed by atoms with Crippen molar-refractivity contribution in [2.24, 2.45) is 0 Å². The summed E-state index contributed by atoms with van der Waals surface area (Å²) in [5.41, 5.74) is 3.54. The minimum absolute atomic E-state index is 0.490. The molecule has 2 aromatic rings. The molecule has 1 aliphatic rings. The maximum Gasteiger partial charge on any atom is 0.328 e. The number of aliphatic carboxylic acids is 1. The lowest BCUT2D eigenvalue weighted by molar-refractivity contribution is -0.131. The molecule has 0 amide bonds. The van der Waals surface area contributed by atoms with Crippen molar-refractivity contribution < 1.29 is 9.90 Å². The van der Waals surface area contributed by atoms with Crippen molar-refractivity contribution in [3.63, 3.8) is 0 Å². The third kappa shape index (κ3) is 5.52. The summed E-state index contributed by atoms with van der Waals surface area (Å²) in [5.74, 6) is -0.921. The first-order chi connectivity index (χ1) is 13.0. The Bertz CT molecular complexity index is 759. The van der Waals surface area contributed by atoms with Crippen molar-refractivity contribution >= 4 is 12.0 Å². The molecule has 1 heterocycles. The standard InChI is InChI=1S/C23H28N2O2/c1-18-14-24(16-21-6-4-3-5-7-21)15-19(2)25(18)17-22-10-8-20(9-11-22)12-13-23(26)27/h3-13,18-19H,14-17H2,1-2H3,(H,26,27)/t18-,19+. The molecule has 1 aliphatic heterocycles. The summed E-state index contributed by atoms with van der Waals surface area (Å²) in [5, 5.41) is 8.72. The van der Waals surface area contributed by atoms with Gasteiger partial charge in [-0.05, 0) is 36.6 Å². The van der Waals surface area contributed by atoms with Crippen LogP contribution in [0.1, 0.15) is 30.5 Å². The average Bonchev–Trinajstić information content (AvgIpc) is 2.65. The van der Waals surface area contributed by atoms with E-state index in [9.17, 15) is 4.79 Å². The Balaban J connectivity index is 1.58. The maximum absolute atomic E-state index is 10.6. The normalized spacial score (nSPS) is 21.6. The highest BCUT2D eigenvalue weighted by Gasteiger charge is 2.29. The molecule has 4 heteroatoms. The van der Waals surface area contributed by atoms with Crippen LogP contribution in [-0.4, -0.2) is 46.0 Å². The van der Waals surface area contributed by atoms with Crippen LogP contribution in [0.5, 0.6) is 0 Å². The molecule has 0 bridgehead atoms. The molecule has 4 nitrogen and oxygen atoms in total. The first kappa shape index (κ1) is 19.3. The second-order valence-electron chi connectivity index (χ2n) is 7.46. The Kier molecular flexibility index (Phi) is 6.43. The van der Waals surface area contributed by atoms with Gasteiger partial charge in [0.15, 0.2) is 0 Å². The van der Waals surface area contributed by atoms with E-state index in [2.05, 4.69) is 66.1 Å². The van der Waals surface area contributed by atoms with Crippen LogP contribution in [0.2, 0.25) is 0 Å². The Morgan fingerprint density at radius 3 is 2.15 bits per heavy atom. The first-order valence-electron chi connectivity index (χ1n) is 9.53. The van der Waals surface area contributed by atoms with Crippen molar-refractivity contribution in [2.75, 3.05) is 13.1 Å². The van der Waals surface area contributed by atoms with Crippen LogP contribution < -0.4 is 0 Å². The van der Waals surface area contributed by atoms with Gasteiger partial charge in [-0.2, -0.15) is 0 Å². The smallest absolute Gasteiger partial charge is 0.328 e. The third-order valence-electron chi connectivity index (χ3n) is 5.19. The number of piperazine rings is 1. The summed E-state index contributed by atoms with van der Waals surface area (Å²) in [6.45, 7) is 8.67. The van der Waals surface area contributed by atoms with Gasteiger partial charge in [0.1, 0.15) is 0 Å². The van der Waals surface area contributed by atoms with Gasteiger partial charge >= 0.3 is 5.97 Å². The summed E-state index contributed by atoms with van der Waals surface area (Å²) in [4.78, 5) is 15.7. The minimum Gasteiger partial charge on any atom is -0.478 e. The summed E-state index contributed by atoms with van der Waals surface area (Å²) >= 11 is 0. The van der Waals surface area contributed by atoms with Gasteiger partial charge < -0.3 is 5.11 Å². The van der Waals surface area contributed by atoms with E-state index < -0.39 is 5.97 Å². The van der Waals surface area contributed by atoms with Gasteiger partial charge in [0.25, 0.3) is 0 Å². The van der Waals surface area contributed by atoms with E-state index in [0.717, 1.165) is 31.7 Å². The fraction of sp³-hybridized carbons (Fsp3) is 0.348. The molecular formula is C23H28N2O2. The largest absolute Gasteiger partial charge is 0.478 e. The fourth-order valence-corrected chi connectivity index (χ4v) is 3.86. The molecule has 142 valence electrons. The summed E-state index contributed by atoms with van der Waals surface area (Å²) < 4.78 is 0. The van der Waals surface area contributed by atoms with E-state index >= 15 is 0 Å². The van der Waals surface area contributed by atoms with E-state index in [0.29, 0.717) is 12.1 Å². The van der Waals surface area contributed by atoms with E-state index in [1.54, 1.807) is 6.08 Å². The zero-order valence-corrected chi connectivity index (χ0v) is 16.1. The van der Waals surface area contributed by atoms with Gasteiger partial charge in [0.2, 0.25) is 0 Å². The highest BCUT2D eigenvalue weighted by atomic mass is 16.4. The number of carbonyl (C=O) groups is 1. The molecule has 0 spiro atoms. The molecule has 0 radical (unpaired) electrons. The molecule has 1 saturated heterocycles. The molecule has 0 unspecified atom stereocenters. The molecule has 0 aromatic heterocycles. The van der Waals surface area contributed by atoms with Crippen molar-refractivity contribution in [3.05, 3.63) is 77.4 Å². The van der Waals surface area contributed by atoms with Crippen molar-refractivity contribution in [3.8, 4) is 0 Å². The lowest BCUT2D eigenvalue weighted by Crippen LogP contribution is -2.55. The number of benzene rings is 2. The van der Waals surface area contributed by atoms with Gasteiger partial charge in [-0.3, -0.25) is 9.80 Å². The Morgan fingerprint density at radius 1 is 0.963 bits per heavy atom.